The van der Waals surface area contributed by atoms with Gasteiger partial charge in [-0.1, -0.05) is 18.2 Å². The van der Waals surface area contributed by atoms with Crippen LogP contribution in [0.4, 0.5) is 0 Å². The van der Waals surface area contributed by atoms with Crippen molar-refractivity contribution in [1.29, 1.82) is 0 Å². The number of benzene rings is 1. The summed E-state index contributed by atoms with van der Waals surface area (Å²) in [6, 6.07) is 5.50. The van der Waals surface area contributed by atoms with Crippen LogP contribution in [0.2, 0.25) is 0 Å². The van der Waals surface area contributed by atoms with E-state index in [1.165, 1.54) is 5.57 Å². The molecule has 1 aliphatic heterocycles. The first-order valence-corrected chi connectivity index (χ1v) is 5.58. The fourth-order valence-electron chi connectivity index (χ4n) is 2.41. The van der Waals surface area contributed by atoms with Gasteiger partial charge in [0, 0.05) is 16.4 Å². The highest BCUT2D eigenvalue weighted by Gasteiger charge is 2.19. The number of nitrogens with two attached hydrogens (primary N) is 1. The molecule has 2 N–H and O–H groups in total. The summed E-state index contributed by atoms with van der Waals surface area (Å²) >= 11 is 0. The normalized spacial score (nSPS) is 16.6. The fourth-order valence-corrected chi connectivity index (χ4v) is 2.41. The van der Waals surface area contributed by atoms with Gasteiger partial charge in [0.05, 0.1) is 11.1 Å². The molecule has 1 aliphatic carbocycles. The Kier molecular flexibility index (Phi) is 2.01. The van der Waals surface area contributed by atoms with E-state index in [1.54, 1.807) is 6.07 Å². The second kappa shape index (κ2) is 3.42. The molecule has 84 valence electrons. The molecule has 1 aromatic carbocycles. The lowest BCUT2D eigenvalue weighted by atomic mass is 9.95. The number of carbonyl (C=O) groups is 1. The smallest absolute Gasteiger partial charge is 0.249 e. The van der Waals surface area contributed by atoms with Crippen molar-refractivity contribution in [3.63, 3.8) is 0 Å². The number of nitrogens with zero attached hydrogens (tertiary/aromatic N) is 1. The van der Waals surface area contributed by atoms with Gasteiger partial charge >= 0.3 is 0 Å². The molecular formula is C14H12N2O. The Labute approximate surface area is 98.7 Å². The number of amides is 1. The molecule has 1 heterocycles. The van der Waals surface area contributed by atoms with Crippen LogP contribution in [-0.4, -0.2) is 5.91 Å². The van der Waals surface area contributed by atoms with Crippen LogP contribution in [-0.2, 0) is 0 Å². The molecule has 0 saturated heterocycles. The average molecular weight is 224 g/mol. The van der Waals surface area contributed by atoms with Crippen molar-refractivity contribution in [2.45, 2.75) is 13.3 Å². The standard InChI is InChI=1S/C14H12N2O/c1-8-4-2-6-10-12(8)13-9(14(15)17)5-3-7-11(13)16-10/h3-7H,2H2,1H3,(H2,15,17). The predicted octanol–water partition coefficient (Wildman–Crippen LogP) is 0.803. The van der Waals surface area contributed by atoms with Crippen molar-refractivity contribution in [3.05, 3.63) is 57.8 Å². The minimum atomic E-state index is -0.399. The molecule has 2 aliphatic rings. The van der Waals surface area contributed by atoms with E-state index in [2.05, 4.69) is 17.1 Å². The second-order valence-corrected chi connectivity index (χ2v) is 4.26. The van der Waals surface area contributed by atoms with E-state index in [4.69, 9.17) is 5.73 Å². The maximum atomic E-state index is 11.5. The van der Waals surface area contributed by atoms with E-state index in [9.17, 15) is 4.79 Å². The van der Waals surface area contributed by atoms with Gasteiger partial charge < -0.3 is 5.73 Å². The zero-order valence-electron chi connectivity index (χ0n) is 9.53. The molecule has 3 heteroatoms. The molecule has 0 saturated carbocycles. The summed E-state index contributed by atoms with van der Waals surface area (Å²) in [6.45, 7) is 2.05. The molecule has 17 heavy (non-hydrogen) atoms. The average Bonchev–Trinajstić information content (AvgIpc) is 2.67. The van der Waals surface area contributed by atoms with Crippen LogP contribution < -0.4 is 16.3 Å². The number of allylic oxidation sites excluding steroid dienone is 3. The SMILES string of the molecule is CC1=CCC=C2N=c3cccc(C(N)=O)c3=C12. The fraction of sp³-hybridized carbons (Fsp3) is 0.143. The lowest BCUT2D eigenvalue weighted by Gasteiger charge is -2.10. The van der Waals surface area contributed by atoms with Gasteiger partial charge in [0.15, 0.2) is 0 Å². The molecule has 0 aromatic heterocycles. The molecule has 1 aromatic rings. The summed E-state index contributed by atoms with van der Waals surface area (Å²) in [4.78, 5) is 16.0. The van der Waals surface area contributed by atoms with E-state index < -0.39 is 5.91 Å². The largest absolute Gasteiger partial charge is 0.366 e. The topological polar surface area (TPSA) is 55.4 Å². The monoisotopic (exact) mass is 224 g/mol. The number of hydrogen-bond donors (Lipinski definition) is 1. The number of hydrogen-bond acceptors (Lipinski definition) is 2. The summed E-state index contributed by atoms with van der Waals surface area (Å²) in [5.41, 5.74) is 9.16. The Hall–Kier alpha value is -2.16. The van der Waals surface area contributed by atoms with Crippen molar-refractivity contribution < 1.29 is 4.79 Å². The van der Waals surface area contributed by atoms with Gasteiger partial charge in [-0.15, -0.1) is 0 Å². The number of fused-ring (bicyclic) bond motifs is 2. The third-order valence-electron chi connectivity index (χ3n) is 3.18. The Morgan fingerprint density at radius 3 is 2.94 bits per heavy atom. The first-order chi connectivity index (χ1) is 8.18. The van der Waals surface area contributed by atoms with Crippen LogP contribution in [0.3, 0.4) is 0 Å². The first kappa shape index (κ1) is 10.0. The highest BCUT2D eigenvalue weighted by molar-refractivity contribution is 5.95. The van der Waals surface area contributed by atoms with Crippen molar-refractivity contribution in [1.82, 2.24) is 0 Å². The molecule has 0 atom stereocenters. The molecule has 3 nitrogen and oxygen atoms in total. The highest BCUT2D eigenvalue weighted by Crippen LogP contribution is 2.27. The van der Waals surface area contributed by atoms with Gasteiger partial charge in [-0.2, -0.15) is 0 Å². The van der Waals surface area contributed by atoms with E-state index >= 15 is 0 Å². The molecule has 0 unspecified atom stereocenters. The maximum absolute atomic E-state index is 11.5. The Morgan fingerprint density at radius 1 is 1.35 bits per heavy atom. The van der Waals surface area contributed by atoms with E-state index in [-0.39, 0.29) is 0 Å². The van der Waals surface area contributed by atoms with Crippen LogP contribution in [0.5, 0.6) is 0 Å². The molecule has 1 amide bonds. The zero-order chi connectivity index (χ0) is 12.0. The van der Waals surface area contributed by atoms with Crippen LogP contribution >= 0.6 is 0 Å². The lowest BCUT2D eigenvalue weighted by Crippen LogP contribution is -2.32. The van der Waals surface area contributed by atoms with Crippen LogP contribution in [0.25, 0.3) is 5.57 Å². The summed E-state index contributed by atoms with van der Waals surface area (Å²) in [7, 11) is 0. The quantitative estimate of drug-likeness (QED) is 0.753. The maximum Gasteiger partial charge on any atom is 0.249 e. The third kappa shape index (κ3) is 1.35. The van der Waals surface area contributed by atoms with Crippen molar-refractivity contribution in [2.24, 2.45) is 10.7 Å². The number of carbonyl (C=O) groups excluding carboxylic acids is 1. The van der Waals surface area contributed by atoms with Crippen LogP contribution in [0.1, 0.15) is 23.7 Å². The van der Waals surface area contributed by atoms with Crippen molar-refractivity contribution in [3.8, 4) is 0 Å². The second-order valence-electron chi connectivity index (χ2n) is 4.26. The van der Waals surface area contributed by atoms with Crippen LogP contribution in [0.15, 0.2) is 46.6 Å². The zero-order valence-corrected chi connectivity index (χ0v) is 9.53. The summed E-state index contributed by atoms with van der Waals surface area (Å²) in [5.74, 6) is -0.399. The molecule has 0 bridgehead atoms. The van der Waals surface area contributed by atoms with Gasteiger partial charge in [0.1, 0.15) is 0 Å². The summed E-state index contributed by atoms with van der Waals surface area (Å²) < 4.78 is 0. The molecular weight excluding hydrogens is 212 g/mol. The van der Waals surface area contributed by atoms with E-state index in [0.29, 0.717) is 5.56 Å². The first-order valence-electron chi connectivity index (χ1n) is 5.58. The third-order valence-corrected chi connectivity index (χ3v) is 3.18. The lowest BCUT2D eigenvalue weighted by molar-refractivity contribution is 0.0999. The number of rotatable bonds is 1. The highest BCUT2D eigenvalue weighted by atomic mass is 16.1. The van der Waals surface area contributed by atoms with E-state index in [1.807, 2.05) is 19.1 Å². The van der Waals surface area contributed by atoms with Crippen molar-refractivity contribution in [2.75, 3.05) is 0 Å². The van der Waals surface area contributed by atoms with Gasteiger partial charge in [-0.3, -0.25) is 4.79 Å². The summed E-state index contributed by atoms with van der Waals surface area (Å²) in [6.07, 6.45) is 5.11. The summed E-state index contributed by atoms with van der Waals surface area (Å²) in [5, 5.41) is 1.73. The number of primary amides is 1. The predicted molar refractivity (Wildman–Crippen MR) is 65.6 cm³/mol. The molecule has 0 fully saturated rings. The minimum Gasteiger partial charge on any atom is -0.366 e. The van der Waals surface area contributed by atoms with Gasteiger partial charge in [-0.05, 0) is 31.1 Å². The molecule has 0 spiro atoms. The van der Waals surface area contributed by atoms with Gasteiger partial charge in [-0.25, -0.2) is 4.99 Å². The molecule has 3 rings (SSSR count). The Balaban J connectivity index is 2.51. The van der Waals surface area contributed by atoms with E-state index in [0.717, 1.165) is 28.3 Å². The van der Waals surface area contributed by atoms with Crippen LogP contribution in [0, 0.1) is 0 Å². The Bertz CT molecular complexity index is 708. The Morgan fingerprint density at radius 2 is 2.18 bits per heavy atom. The molecule has 0 radical (unpaired) electrons. The van der Waals surface area contributed by atoms with Gasteiger partial charge in [0.25, 0.3) is 0 Å². The minimum absolute atomic E-state index is 0.399. The van der Waals surface area contributed by atoms with Gasteiger partial charge in [0.2, 0.25) is 5.91 Å². The van der Waals surface area contributed by atoms with Crippen molar-refractivity contribution >= 4 is 11.5 Å².